The summed E-state index contributed by atoms with van der Waals surface area (Å²) in [6, 6.07) is 1.23. The number of nitrogens with zero attached hydrogens (tertiary/aromatic N) is 3. The van der Waals surface area contributed by atoms with Crippen molar-refractivity contribution in [3.63, 3.8) is 0 Å². The molecule has 0 spiro atoms. The van der Waals surface area contributed by atoms with E-state index >= 15 is 0 Å². The summed E-state index contributed by atoms with van der Waals surface area (Å²) in [6.07, 6.45) is 3.60. The molecule has 2 amide bonds. The van der Waals surface area contributed by atoms with Crippen LogP contribution in [0.1, 0.15) is 16.8 Å². The Bertz CT molecular complexity index is 722. The van der Waals surface area contributed by atoms with Gasteiger partial charge in [0.15, 0.2) is 0 Å². The average Bonchev–Trinajstić information content (AvgIpc) is 2.95. The highest BCUT2D eigenvalue weighted by Crippen LogP contribution is 2.27. The van der Waals surface area contributed by atoms with E-state index in [1.54, 1.807) is 17.2 Å². The molecule has 3 rings (SSSR count). The highest BCUT2D eigenvalue weighted by molar-refractivity contribution is 6.03. The molecule has 0 saturated carbocycles. The van der Waals surface area contributed by atoms with Crippen LogP contribution in [0.4, 0.5) is 11.4 Å². The maximum Gasteiger partial charge on any atom is 0.252 e. The van der Waals surface area contributed by atoms with Crippen LogP contribution in [-0.4, -0.2) is 34.0 Å². The van der Waals surface area contributed by atoms with E-state index < -0.39 is 11.9 Å². The lowest BCUT2D eigenvalue weighted by atomic mass is 10.2. The van der Waals surface area contributed by atoms with Crippen LogP contribution in [0.15, 0.2) is 18.5 Å². The molecule has 1 atom stereocenters. The number of anilines is 2. The molecule has 0 bridgehead atoms. The fourth-order valence-corrected chi connectivity index (χ4v) is 2.36. The molecule has 0 radical (unpaired) electrons. The molecule has 1 saturated heterocycles. The second kappa shape index (κ2) is 4.20. The lowest BCUT2D eigenvalue weighted by Gasteiger charge is -2.12. The molecule has 8 nitrogen and oxygen atoms in total. The zero-order valence-corrected chi connectivity index (χ0v) is 10.6. The van der Waals surface area contributed by atoms with E-state index in [1.165, 1.54) is 10.7 Å². The Kier molecular flexibility index (Phi) is 2.61. The molecule has 104 valence electrons. The number of nitrogens with two attached hydrogens (primary N) is 3. The third kappa shape index (κ3) is 1.69. The van der Waals surface area contributed by atoms with E-state index in [-0.39, 0.29) is 17.2 Å². The average molecular weight is 274 g/mol. The summed E-state index contributed by atoms with van der Waals surface area (Å²) in [5.74, 6) is -0.769. The van der Waals surface area contributed by atoms with E-state index in [0.717, 1.165) is 0 Å². The Labute approximate surface area is 114 Å². The number of fused-ring (bicyclic) bond motifs is 1. The smallest absolute Gasteiger partial charge is 0.252 e. The number of carbonyl (C=O) groups is 2. The number of primary amides is 1. The fourth-order valence-electron chi connectivity index (χ4n) is 2.36. The van der Waals surface area contributed by atoms with E-state index in [2.05, 4.69) is 5.10 Å². The van der Waals surface area contributed by atoms with Crippen molar-refractivity contribution in [1.82, 2.24) is 9.61 Å². The lowest BCUT2D eigenvalue weighted by molar-refractivity contribution is -0.118. The zero-order valence-electron chi connectivity index (χ0n) is 10.6. The van der Waals surface area contributed by atoms with Crippen LogP contribution in [0, 0.1) is 0 Å². The number of carbonyl (C=O) groups excluding carboxylic acids is 2. The van der Waals surface area contributed by atoms with Gasteiger partial charge in [0.25, 0.3) is 5.91 Å². The van der Waals surface area contributed by atoms with Gasteiger partial charge in [-0.05, 0) is 12.5 Å². The second-order valence-corrected chi connectivity index (χ2v) is 4.75. The van der Waals surface area contributed by atoms with Crippen LogP contribution in [0.2, 0.25) is 0 Å². The summed E-state index contributed by atoms with van der Waals surface area (Å²) < 4.78 is 1.51. The van der Waals surface area contributed by atoms with Crippen LogP contribution in [0.5, 0.6) is 0 Å². The summed E-state index contributed by atoms with van der Waals surface area (Å²) in [5.41, 5.74) is 18.4. The molecular formula is C12H14N6O2. The molecule has 0 aliphatic carbocycles. The summed E-state index contributed by atoms with van der Waals surface area (Å²) in [5, 5.41) is 4.07. The first-order valence-electron chi connectivity index (χ1n) is 6.12. The first-order chi connectivity index (χ1) is 9.49. The highest BCUT2D eigenvalue weighted by atomic mass is 16.2. The van der Waals surface area contributed by atoms with Crippen molar-refractivity contribution in [3.05, 3.63) is 24.0 Å². The molecule has 2 aromatic heterocycles. The Morgan fingerprint density at radius 2 is 2.20 bits per heavy atom. The fraction of sp³-hybridized carbons (Fsp3) is 0.250. The van der Waals surface area contributed by atoms with Crippen LogP contribution in [-0.2, 0) is 4.79 Å². The number of amides is 2. The molecule has 0 aromatic carbocycles. The topological polar surface area (TPSA) is 133 Å². The summed E-state index contributed by atoms with van der Waals surface area (Å²) in [4.78, 5) is 24.7. The molecule has 1 fully saturated rings. The predicted octanol–water partition coefficient (Wildman–Crippen LogP) is -0.921. The number of rotatable bonds is 2. The van der Waals surface area contributed by atoms with E-state index in [9.17, 15) is 9.59 Å². The number of aromatic nitrogens is 2. The van der Waals surface area contributed by atoms with Gasteiger partial charge in [0.1, 0.15) is 0 Å². The third-order valence-corrected chi connectivity index (χ3v) is 3.49. The molecule has 1 aliphatic rings. The molecular weight excluding hydrogens is 260 g/mol. The molecule has 20 heavy (non-hydrogen) atoms. The van der Waals surface area contributed by atoms with Crippen molar-refractivity contribution in [1.29, 1.82) is 0 Å². The highest BCUT2D eigenvalue weighted by Gasteiger charge is 2.30. The van der Waals surface area contributed by atoms with Crippen LogP contribution in [0.25, 0.3) is 5.52 Å². The van der Waals surface area contributed by atoms with Crippen molar-refractivity contribution < 1.29 is 9.59 Å². The Balaban J connectivity index is 2.10. The Morgan fingerprint density at radius 3 is 2.80 bits per heavy atom. The van der Waals surface area contributed by atoms with Crippen molar-refractivity contribution in [3.8, 4) is 0 Å². The molecule has 3 heterocycles. The van der Waals surface area contributed by atoms with Gasteiger partial charge < -0.3 is 22.1 Å². The predicted molar refractivity (Wildman–Crippen MR) is 73.1 cm³/mol. The van der Waals surface area contributed by atoms with Gasteiger partial charge in [-0.3, -0.25) is 9.59 Å². The molecule has 1 aliphatic heterocycles. The zero-order chi connectivity index (χ0) is 14.4. The molecule has 8 heteroatoms. The Hall–Kier alpha value is -2.61. The number of nitrogen functional groups attached to an aromatic ring is 1. The minimum atomic E-state index is -0.639. The Morgan fingerprint density at radius 1 is 1.45 bits per heavy atom. The first kappa shape index (κ1) is 12.4. The van der Waals surface area contributed by atoms with E-state index in [1.807, 2.05) is 0 Å². The van der Waals surface area contributed by atoms with Gasteiger partial charge in [0, 0.05) is 6.54 Å². The minimum absolute atomic E-state index is 0.130. The van der Waals surface area contributed by atoms with Gasteiger partial charge in [-0.25, -0.2) is 4.52 Å². The largest absolute Gasteiger partial charge is 0.396 e. The number of hydrogen-bond donors (Lipinski definition) is 3. The van der Waals surface area contributed by atoms with Crippen LogP contribution < -0.4 is 22.1 Å². The van der Waals surface area contributed by atoms with Crippen molar-refractivity contribution in [2.75, 3.05) is 17.2 Å². The standard InChI is InChI=1S/C12H14N6O2/c13-8-1-2-17(12(8)20)6-3-9-10(14)7(11(15)19)4-16-18(9)5-6/h3-5,8H,1-2,13-14H2,(H2,15,19)/t8-/m0/s1. The molecule has 0 unspecified atom stereocenters. The van der Waals surface area contributed by atoms with Gasteiger partial charge in [-0.1, -0.05) is 0 Å². The van der Waals surface area contributed by atoms with Crippen molar-refractivity contribution >= 4 is 28.7 Å². The number of hydrogen-bond acceptors (Lipinski definition) is 5. The lowest BCUT2D eigenvalue weighted by Crippen LogP contribution is -2.33. The van der Waals surface area contributed by atoms with Gasteiger partial charge in [-0.15, -0.1) is 0 Å². The van der Waals surface area contributed by atoms with Crippen LogP contribution in [0.3, 0.4) is 0 Å². The van der Waals surface area contributed by atoms with E-state index in [0.29, 0.717) is 24.2 Å². The van der Waals surface area contributed by atoms with Crippen LogP contribution >= 0.6 is 0 Å². The quantitative estimate of drug-likeness (QED) is 0.651. The molecule has 6 N–H and O–H groups in total. The normalized spacial score (nSPS) is 18.9. The minimum Gasteiger partial charge on any atom is -0.396 e. The third-order valence-electron chi connectivity index (χ3n) is 3.49. The van der Waals surface area contributed by atoms with Gasteiger partial charge in [0.05, 0.1) is 40.9 Å². The first-order valence-corrected chi connectivity index (χ1v) is 6.12. The summed E-state index contributed by atoms with van der Waals surface area (Å²) in [6.45, 7) is 0.555. The second-order valence-electron chi connectivity index (χ2n) is 4.75. The monoisotopic (exact) mass is 274 g/mol. The summed E-state index contributed by atoms with van der Waals surface area (Å²) >= 11 is 0. The van der Waals surface area contributed by atoms with Crippen molar-refractivity contribution in [2.45, 2.75) is 12.5 Å². The van der Waals surface area contributed by atoms with Gasteiger partial charge in [-0.2, -0.15) is 5.10 Å². The maximum atomic E-state index is 11.9. The SMILES string of the molecule is NC(=O)c1cnn2cc(N3CC[C@H](N)C3=O)cc2c1N. The van der Waals surface area contributed by atoms with Crippen molar-refractivity contribution in [2.24, 2.45) is 11.5 Å². The van der Waals surface area contributed by atoms with Gasteiger partial charge in [0.2, 0.25) is 5.91 Å². The van der Waals surface area contributed by atoms with E-state index in [4.69, 9.17) is 17.2 Å². The summed E-state index contributed by atoms with van der Waals surface area (Å²) in [7, 11) is 0. The van der Waals surface area contributed by atoms with Gasteiger partial charge >= 0.3 is 0 Å². The molecule has 2 aromatic rings. The maximum absolute atomic E-state index is 11.9.